The summed E-state index contributed by atoms with van der Waals surface area (Å²) >= 11 is 0. The van der Waals surface area contributed by atoms with E-state index in [2.05, 4.69) is 6.92 Å². The monoisotopic (exact) mass is 460 g/mol. The molecule has 0 N–H and O–H groups in total. The van der Waals surface area contributed by atoms with Gasteiger partial charge in [0.05, 0.1) is 0 Å². The third-order valence-electron chi connectivity index (χ3n) is 5.97. The highest BCUT2D eigenvalue weighted by molar-refractivity contribution is 5.66. The number of hydrogen-bond donors (Lipinski definition) is 0. The maximum atomic E-state index is 14.8. The van der Waals surface area contributed by atoms with Crippen LogP contribution in [0.4, 0.5) is 13.2 Å². The third-order valence-corrected chi connectivity index (χ3v) is 5.97. The fourth-order valence-electron chi connectivity index (χ4n) is 3.97. The summed E-state index contributed by atoms with van der Waals surface area (Å²) in [5.74, 6) is -1.58. The number of benzene rings is 4. The van der Waals surface area contributed by atoms with Crippen LogP contribution in [0.25, 0.3) is 22.3 Å². The lowest BCUT2D eigenvalue weighted by atomic mass is 10.00. The van der Waals surface area contributed by atoms with Gasteiger partial charge in [0.25, 0.3) is 0 Å². The van der Waals surface area contributed by atoms with Gasteiger partial charge in [-0.15, -0.1) is 0 Å². The first kappa shape index (κ1) is 23.6. The first-order chi connectivity index (χ1) is 16.5. The quantitative estimate of drug-likeness (QED) is 0.256. The van der Waals surface area contributed by atoms with E-state index in [-0.39, 0.29) is 23.6 Å². The van der Waals surface area contributed by atoms with Gasteiger partial charge in [-0.25, -0.2) is 13.2 Å². The molecule has 0 spiro atoms. The summed E-state index contributed by atoms with van der Waals surface area (Å²) in [5, 5.41) is 0. The minimum atomic E-state index is -0.912. The Kier molecular flexibility index (Phi) is 7.36. The van der Waals surface area contributed by atoms with Crippen molar-refractivity contribution in [2.45, 2.75) is 39.7 Å². The van der Waals surface area contributed by atoms with E-state index in [1.54, 1.807) is 48.5 Å². The van der Waals surface area contributed by atoms with Crippen LogP contribution in [0.2, 0.25) is 0 Å². The maximum Gasteiger partial charge on any atom is 0.167 e. The maximum absolute atomic E-state index is 14.8. The van der Waals surface area contributed by atoms with Crippen LogP contribution in [0, 0.1) is 17.5 Å². The average molecular weight is 461 g/mol. The second kappa shape index (κ2) is 10.6. The van der Waals surface area contributed by atoms with Gasteiger partial charge in [0.1, 0.15) is 18.2 Å². The normalized spacial score (nSPS) is 11.0. The lowest BCUT2D eigenvalue weighted by Gasteiger charge is -2.12. The zero-order valence-corrected chi connectivity index (χ0v) is 19.4. The van der Waals surface area contributed by atoms with Crippen molar-refractivity contribution in [3.8, 4) is 28.0 Å². The summed E-state index contributed by atoms with van der Waals surface area (Å²) in [7, 11) is 0. The molecule has 0 saturated heterocycles. The molecular formula is C30H27F3O. The minimum Gasteiger partial charge on any atom is -0.489 e. The summed E-state index contributed by atoms with van der Waals surface area (Å²) in [4.78, 5) is 0. The predicted molar refractivity (Wildman–Crippen MR) is 131 cm³/mol. The molecule has 0 fully saturated rings. The fourth-order valence-corrected chi connectivity index (χ4v) is 3.97. The molecule has 0 atom stereocenters. The third kappa shape index (κ3) is 5.17. The Morgan fingerprint density at radius 3 is 1.91 bits per heavy atom. The Labute approximate surface area is 198 Å². The van der Waals surface area contributed by atoms with Crippen LogP contribution in [0.5, 0.6) is 5.75 Å². The molecule has 0 aliphatic heterocycles. The van der Waals surface area contributed by atoms with Gasteiger partial charge in [0, 0.05) is 16.7 Å². The first-order valence-electron chi connectivity index (χ1n) is 11.6. The first-order valence-corrected chi connectivity index (χ1v) is 11.6. The van der Waals surface area contributed by atoms with Crippen molar-refractivity contribution in [3.05, 3.63) is 113 Å². The lowest BCUT2D eigenvalue weighted by molar-refractivity contribution is 0.297. The van der Waals surface area contributed by atoms with E-state index < -0.39 is 11.6 Å². The number of halogens is 3. The molecule has 4 heteroatoms. The van der Waals surface area contributed by atoms with Crippen LogP contribution in [-0.4, -0.2) is 0 Å². The van der Waals surface area contributed by atoms with Gasteiger partial charge < -0.3 is 4.74 Å². The lowest BCUT2D eigenvalue weighted by Crippen LogP contribution is -2.02. The molecular weight excluding hydrogens is 433 g/mol. The molecule has 0 amide bonds. The fraction of sp³-hybridized carbons (Fsp3) is 0.200. The molecule has 174 valence electrons. The van der Waals surface area contributed by atoms with Crippen molar-refractivity contribution in [1.82, 2.24) is 0 Å². The minimum absolute atomic E-state index is 0.114. The highest BCUT2D eigenvalue weighted by atomic mass is 19.2. The molecule has 0 radical (unpaired) electrons. The Morgan fingerprint density at radius 2 is 1.26 bits per heavy atom. The zero-order valence-electron chi connectivity index (χ0n) is 19.4. The van der Waals surface area contributed by atoms with Crippen molar-refractivity contribution in [2.24, 2.45) is 0 Å². The number of ether oxygens (including phenoxy) is 1. The van der Waals surface area contributed by atoms with E-state index in [1.807, 2.05) is 37.3 Å². The summed E-state index contributed by atoms with van der Waals surface area (Å²) < 4.78 is 49.6. The van der Waals surface area contributed by atoms with Crippen LogP contribution < -0.4 is 4.74 Å². The van der Waals surface area contributed by atoms with Gasteiger partial charge in [-0.2, -0.15) is 0 Å². The topological polar surface area (TPSA) is 9.23 Å². The van der Waals surface area contributed by atoms with E-state index in [0.717, 1.165) is 30.4 Å². The van der Waals surface area contributed by atoms with Crippen molar-refractivity contribution < 1.29 is 17.9 Å². The van der Waals surface area contributed by atoms with Crippen LogP contribution in [0.15, 0.2) is 78.9 Å². The molecule has 0 aromatic heterocycles. The summed E-state index contributed by atoms with van der Waals surface area (Å²) in [6.45, 7) is 3.97. The predicted octanol–water partition coefficient (Wildman–Crippen LogP) is 8.53. The van der Waals surface area contributed by atoms with E-state index in [0.29, 0.717) is 16.9 Å². The van der Waals surface area contributed by atoms with Crippen LogP contribution >= 0.6 is 0 Å². The summed E-state index contributed by atoms with van der Waals surface area (Å²) in [6, 6.07) is 22.8. The highest BCUT2D eigenvalue weighted by Gasteiger charge is 2.15. The van der Waals surface area contributed by atoms with Gasteiger partial charge in [0.15, 0.2) is 11.6 Å². The molecule has 4 rings (SSSR count). The molecule has 4 aromatic carbocycles. The second-order valence-electron chi connectivity index (χ2n) is 8.33. The number of hydrogen-bond acceptors (Lipinski definition) is 1. The number of aryl methyl sites for hydroxylation is 2. The van der Waals surface area contributed by atoms with Crippen molar-refractivity contribution in [1.29, 1.82) is 0 Å². The van der Waals surface area contributed by atoms with E-state index in [1.165, 1.54) is 5.56 Å². The Bertz CT molecular complexity index is 1260. The average Bonchev–Trinajstić information content (AvgIpc) is 2.86. The Balaban J connectivity index is 1.46. The summed E-state index contributed by atoms with van der Waals surface area (Å²) in [5.41, 5.74) is 4.34. The molecule has 1 nitrogen and oxygen atoms in total. The molecule has 4 aromatic rings. The highest BCUT2D eigenvalue weighted by Crippen LogP contribution is 2.29. The van der Waals surface area contributed by atoms with E-state index in [4.69, 9.17) is 4.74 Å². The van der Waals surface area contributed by atoms with Gasteiger partial charge in [-0.1, -0.05) is 80.9 Å². The molecule has 0 unspecified atom stereocenters. The number of rotatable bonds is 8. The Hall–Kier alpha value is -3.53. The second-order valence-corrected chi connectivity index (χ2v) is 8.33. The molecule has 0 saturated carbocycles. The van der Waals surface area contributed by atoms with Crippen molar-refractivity contribution in [2.75, 3.05) is 0 Å². The van der Waals surface area contributed by atoms with Crippen LogP contribution in [0.3, 0.4) is 0 Å². The molecule has 0 heterocycles. The van der Waals surface area contributed by atoms with Gasteiger partial charge in [-0.3, -0.25) is 0 Å². The Morgan fingerprint density at radius 1 is 0.647 bits per heavy atom. The smallest absolute Gasteiger partial charge is 0.167 e. The van der Waals surface area contributed by atoms with E-state index >= 15 is 0 Å². The molecule has 34 heavy (non-hydrogen) atoms. The van der Waals surface area contributed by atoms with Gasteiger partial charge >= 0.3 is 0 Å². The van der Waals surface area contributed by atoms with Gasteiger partial charge in [0.2, 0.25) is 0 Å². The van der Waals surface area contributed by atoms with Crippen LogP contribution in [0.1, 0.15) is 37.0 Å². The largest absolute Gasteiger partial charge is 0.489 e. The molecule has 0 aliphatic carbocycles. The van der Waals surface area contributed by atoms with Crippen molar-refractivity contribution >= 4 is 0 Å². The SMILES string of the molecule is CCCc1ccc(-c2ccc(COc3ccc(-c4ccc(CC)cc4F)cc3)c(F)c2F)cc1. The van der Waals surface area contributed by atoms with Crippen LogP contribution in [-0.2, 0) is 19.4 Å². The van der Waals surface area contributed by atoms with E-state index in [9.17, 15) is 13.2 Å². The zero-order chi connectivity index (χ0) is 24.1. The molecule has 0 aliphatic rings. The van der Waals surface area contributed by atoms with Crippen molar-refractivity contribution in [3.63, 3.8) is 0 Å². The standard InChI is InChI=1S/C30H27F3O/c1-3-5-21-6-9-23(10-7-21)27-17-13-24(29(32)30(27)33)19-34-25-14-11-22(12-15-25)26-16-8-20(4-2)18-28(26)31/h6-18H,3-5,19H2,1-2H3. The summed E-state index contributed by atoms with van der Waals surface area (Å²) in [6.07, 6.45) is 2.75. The molecule has 0 bridgehead atoms. The van der Waals surface area contributed by atoms with Gasteiger partial charge in [-0.05, 0) is 53.3 Å².